The van der Waals surface area contributed by atoms with E-state index in [2.05, 4.69) is 0 Å². The van der Waals surface area contributed by atoms with Crippen LogP contribution in [0.3, 0.4) is 0 Å². The maximum absolute atomic E-state index is 13.3. The molecule has 5 nitrogen and oxygen atoms in total. The third kappa shape index (κ3) is 3.12. The number of carbonyl (C=O) groups is 2. The molecule has 1 fully saturated rings. The largest absolute Gasteiger partial charge is 0.377 e. The summed E-state index contributed by atoms with van der Waals surface area (Å²) in [7, 11) is 0. The van der Waals surface area contributed by atoms with E-state index in [-0.39, 0.29) is 19.6 Å². The van der Waals surface area contributed by atoms with Crippen LogP contribution in [-0.2, 0) is 9.53 Å². The first-order valence-electron chi connectivity index (χ1n) is 5.55. The molecule has 0 unspecified atom stereocenters. The smallest absolute Gasteiger partial charge is 0.260 e. The fraction of sp³-hybridized carbons (Fsp3) is 0.333. The van der Waals surface area contributed by atoms with Crippen LogP contribution in [0.5, 0.6) is 0 Å². The number of imide groups is 1. The number of rotatable bonds is 3. The second-order valence-electron chi connectivity index (χ2n) is 4.53. The maximum atomic E-state index is 13.3. The van der Waals surface area contributed by atoms with Crippen molar-refractivity contribution in [3.63, 3.8) is 0 Å². The van der Waals surface area contributed by atoms with E-state index < -0.39 is 34.6 Å². The number of nitrogens with one attached hydrogen (secondary N) is 1. The average Bonchev–Trinajstić information content (AvgIpc) is 2.26. The molecular formula is C12H12F2N2O3. The van der Waals surface area contributed by atoms with E-state index in [9.17, 15) is 18.4 Å². The van der Waals surface area contributed by atoms with Crippen LogP contribution in [0.4, 0.5) is 8.78 Å². The van der Waals surface area contributed by atoms with Gasteiger partial charge in [-0.15, -0.1) is 0 Å². The van der Waals surface area contributed by atoms with Gasteiger partial charge in [0.1, 0.15) is 11.6 Å². The van der Waals surface area contributed by atoms with Crippen molar-refractivity contribution in [1.82, 2.24) is 5.32 Å². The first-order valence-corrected chi connectivity index (χ1v) is 5.55. The van der Waals surface area contributed by atoms with E-state index in [0.29, 0.717) is 6.07 Å². The molecule has 0 atom stereocenters. The summed E-state index contributed by atoms with van der Waals surface area (Å²) >= 11 is 0. The Balaban J connectivity index is 1.98. The van der Waals surface area contributed by atoms with Crippen molar-refractivity contribution >= 4 is 11.8 Å². The Morgan fingerprint density at radius 1 is 1.37 bits per heavy atom. The Kier molecular flexibility index (Phi) is 3.59. The van der Waals surface area contributed by atoms with Crippen molar-refractivity contribution in [1.29, 1.82) is 0 Å². The van der Waals surface area contributed by atoms with Crippen molar-refractivity contribution in [2.45, 2.75) is 12.0 Å². The van der Waals surface area contributed by atoms with E-state index in [1.807, 2.05) is 5.32 Å². The number of carbonyl (C=O) groups excluding carboxylic acids is 2. The second-order valence-corrected chi connectivity index (χ2v) is 4.53. The molecule has 3 N–H and O–H groups in total. The maximum Gasteiger partial charge on any atom is 0.260 e. The van der Waals surface area contributed by atoms with Gasteiger partial charge in [0.2, 0.25) is 5.91 Å². The molecule has 19 heavy (non-hydrogen) atoms. The molecule has 0 bridgehead atoms. The minimum absolute atomic E-state index is 0.0957. The lowest BCUT2D eigenvalue weighted by Gasteiger charge is -2.36. The lowest BCUT2D eigenvalue weighted by atomic mass is 9.94. The first-order chi connectivity index (χ1) is 8.89. The highest BCUT2D eigenvalue weighted by Gasteiger charge is 2.36. The van der Waals surface area contributed by atoms with Crippen LogP contribution < -0.4 is 11.1 Å². The molecule has 1 aromatic rings. The number of halogens is 2. The summed E-state index contributed by atoms with van der Waals surface area (Å²) in [6.07, 6.45) is -0.0957. The Morgan fingerprint density at radius 2 is 2.05 bits per heavy atom. The van der Waals surface area contributed by atoms with E-state index in [0.717, 1.165) is 12.1 Å². The number of hydrogen-bond acceptors (Lipinski definition) is 4. The van der Waals surface area contributed by atoms with Crippen molar-refractivity contribution in [3.8, 4) is 0 Å². The topological polar surface area (TPSA) is 81.4 Å². The number of benzene rings is 1. The van der Waals surface area contributed by atoms with Gasteiger partial charge in [-0.1, -0.05) is 0 Å². The molecule has 0 spiro atoms. The third-order valence-corrected chi connectivity index (χ3v) is 2.72. The standard InChI is InChI=1S/C12H12F2N2O3/c13-7-1-2-8(9(14)3-7)11(18)16-10(17)4-12(15)5-19-6-12/h1-3H,4-6,15H2,(H,16,17,18). The quantitative estimate of drug-likeness (QED) is 0.829. The third-order valence-electron chi connectivity index (χ3n) is 2.72. The molecule has 0 aliphatic carbocycles. The Hall–Kier alpha value is -1.86. The molecule has 0 aromatic heterocycles. The van der Waals surface area contributed by atoms with Gasteiger partial charge in [0.25, 0.3) is 5.91 Å². The van der Waals surface area contributed by atoms with Crippen LogP contribution in [-0.4, -0.2) is 30.6 Å². The number of amides is 2. The molecular weight excluding hydrogens is 258 g/mol. The summed E-state index contributed by atoms with van der Waals surface area (Å²) in [5.41, 5.74) is 4.58. The molecule has 102 valence electrons. The summed E-state index contributed by atoms with van der Waals surface area (Å²) in [6, 6.07) is 2.48. The minimum Gasteiger partial charge on any atom is -0.377 e. The Bertz CT molecular complexity index is 530. The van der Waals surface area contributed by atoms with Gasteiger partial charge in [0.15, 0.2) is 0 Å². The van der Waals surface area contributed by atoms with Crippen LogP contribution in [0.15, 0.2) is 18.2 Å². The molecule has 0 saturated carbocycles. The molecule has 7 heteroatoms. The fourth-order valence-electron chi connectivity index (χ4n) is 1.70. The van der Waals surface area contributed by atoms with Gasteiger partial charge in [-0.2, -0.15) is 0 Å². The minimum atomic E-state index is -1.03. The molecule has 2 rings (SSSR count). The first kappa shape index (κ1) is 13.6. The molecule has 1 saturated heterocycles. The zero-order valence-electron chi connectivity index (χ0n) is 9.91. The number of nitrogens with two attached hydrogens (primary N) is 1. The van der Waals surface area contributed by atoms with E-state index in [1.54, 1.807) is 0 Å². The van der Waals surface area contributed by atoms with E-state index >= 15 is 0 Å². The van der Waals surface area contributed by atoms with Gasteiger partial charge in [-0.05, 0) is 12.1 Å². The zero-order chi connectivity index (χ0) is 14.0. The Morgan fingerprint density at radius 3 is 2.58 bits per heavy atom. The average molecular weight is 270 g/mol. The summed E-state index contributed by atoms with van der Waals surface area (Å²) in [6.45, 7) is 0.471. The highest BCUT2D eigenvalue weighted by Crippen LogP contribution is 2.17. The number of hydrogen-bond donors (Lipinski definition) is 2. The number of ether oxygens (including phenoxy) is 1. The SMILES string of the molecule is NC1(CC(=O)NC(=O)c2ccc(F)cc2F)COC1. The van der Waals surface area contributed by atoms with Crippen molar-refractivity contribution < 1.29 is 23.1 Å². The van der Waals surface area contributed by atoms with Gasteiger partial charge >= 0.3 is 0 Å². The zero-order valence-corrected chi connectivity index (χ0v) is 9.91. The molecule has 1 aliphatic rings. The van der Waals surface area contributed by atoms with Gasteiger partial charge in [0.05, 0.1) is 24.3 Å². The summed E-state index contributed by atoms with van der Waals surface area (Å²) in [5.74, 6) is -3.38. The van der Waals surface area contributed by atoms with Crippen molar-refractivity contribution in [3.05, 3.63) is 35.4 Å². The van der Waals surface area contributed by atoms with E-state index in [4.69, 9.17) is 10.5 Å². The summed E-state index contributed by atoms with van der Waals surface area (Å²) < 4.78 is 30.9. The molecule has 1 heterocycles. The monoisotopic (exact) mass is 270 g/mol. The van der Waals surface area contributed by atoms with Crippen LogP contribution in [0.2, 0.25) is 0 Å². The lowest BCUT2D eigenvalue weighted by molar-refractivity contribution is -0.127. The lowest BCUT2D eigenvalue weighted by Crippen LogP contribution is -2.59. The van der Waals surface area contributed by atoms with Crippen molar-refractivity contribution in [2.24, 2.45) is 5.73 Å². The van der Waals surface area contributed by atoms with Crippen LogP contribution >= 0.6 is 0 Å². The van der Waals surface area contributed by atoms with Crippen LogP contribution in [0.25, 0.3) is 0 Å². The second kappa shape index (κ2) is 5.02. The predicted molar refractivity (Wildman–Crippen MR) is 61.2 cm³/mol. The van der Waals surface area contributed by atoms with Gasteiger partial charge < -0.3 is 10.5 Å². The predicted octanol–water partition coefficient (Wildman–Crippen LogP) is 0.339. The summed E-state index contributed by atoms with van der Waals surface area (Å²) in [5, 5.41) is 2.00. The van der Waals surface area contributed by atoms with Crippen molar-refractivity contribution in [2.75, 3.05) is 13.2 Å². The van der Waals surface area contributed by atoms with Crippen LogP contribution in [0, 0.1) is 11.6 Å². The van der Waals surface area contributed by atoms with Crippen LogP contribution in [0.1, 0.15) is 16.8 Å². The highest BCUT2D eigenvalue weighted by atomic mass is 19.1. The molecule has 1 aromatic carbocycles. The van der Waals surface area contributed by atoms with E-state index in [1.165, 1.54) is 0 Å². The fourth-order valence-corrected chi connectivity index (χ4v) is 1.70. The van der Waals surface area contributed by atoms with Gasteiger partial charge in [-0.25, -0.2) is 8.78 Å². The van der Waals surface area contributed by atoms with Gasteiger partial charge in [0, 0.05) is 12.5 Å². The summed E-state index contributed by atoms with van der Waals surface area (Å²) in [4.78, 5) is 23.2. The normalized spacial score (nSPS) is 16.6. The Labute approximate surface area is 107 Å². The van der Waals surface area contributed by atoms with Gasteiger partial charge in [-0.3, -0.25) is 14.9 Å². The highest BCUT2D eigenvalue weighted by molar-refractivity contribution is 6.05. The molecule has 2 amide bonds. The molecule has 0 radical (unpaired) electrons. The molecule has 1 aliphatic heterocycles.